The fourth-order valence-electron chi connectivity index (χ4n) is 5.73. The number of fused-ring (bicyclic) bond motifs is 2. The quantitative estimate of drug-likeness (QED) is 0.0819. The summed E-state index contributed by atoms with van der Waals surface area (Å²) in [5, 5.41) is 20.3. The Bertz CT molecular complexity index is 2330. The van der Waals surface area contributed by atoms with Gasteiger partial charge < -0.3 is 19.7 Å². The van der Waals surface area contributed by atoms with Gasteiger partial charge in [0.05, 0.1) is 29.1 Å². The number of aryl methyl sites for hydroxylation is 1. The van der Waals surface area contributed by atoms with Gasteiger partial charge in [0.1, 0.15) is 35.8 Å². The molecule has 3 N–H and O–H groups in total. The van der Waals surface area contributed by atoms with Crippen LogP contribution in [0.4, 0.5) is 11.5 Å². The Morgan fingerprint density at radius 3 is 2.49 bits per heavy atom. The number of sulfonamides is 1. The number of hydrogen-bond acceptors (Lipinski definition) is 9. The molecule has 0 radical (unpaired) electrons. The Balaban J connectivity index is 1.49. The molecule has 13 nitrogen and oxygen atoms in total. The van der Waals surface area contributed by atoms with E-state index >= 15 is 0 Å². The van der Waals surface area contributed by atoms with Gasteiger partial charge in [0.25, 0.3) is 5.56 Å². The summed E-state index contributed by atoms with van der Waals surface area (Å²) < 4.78 is 37.7. The molecule has 1 unspecified atom stereocenters. The number of hydrogen-bond donors (Lipinski definition) is 3. The summed E-state index contributed by atoms with van der Waals surface area (Å²) in [6, 6.07) is 16.5. The maximum Gasteiger partial charge on any atom is 0.282 e. The standard InChI is InChI=1S/C34H40N8O5SSi/c1-22-15-16-41-29(22)34(44)42(24-11-8-7-9-12-24)32(38-41)23(2)37-31-28-26(25-13-10-14-27(30(25)43)39-48(3,45)46)19-40(33(28)36-20-35-31)21-47-17-18-49(4,5)6/h7-16,19-20,23,39,43H,17-18,21H2,1-6H3,(H,35,36,37). The number of phenols is 1. The number of aromatic hydroxyl groups is 1. The Morgan fingerprint density at radius 2 is 1.78 bits per heavy atom. The molecule has 0 amide bonds. The molecule has 15 heteroatoms. The van der Waals surface area contributed by atoms with Gasteiger partial charge in [-0.05, 0) is 49.7 Å². The molecule has 2 aromatic carbocycles. The van der Waals surface area contributed by atoms with Crippen molar-refractivity contribution in [3.8, 4) is 22.6 Å². The van der Waals surface area contributed by atoms with Crippen LogP contribution in [0.15, 0.2) is 78.1 Å². The maximum atomic E-state index is 14.0. The number of para-hydroxylation sites is 2. The van der Waals surface area contributed by atoms with E-state index in [2.05, 4.69) is 39.6 Å². The van der Waals surface area contributed by atoms with Gasteiger partial charge in [-0.2, -0.15) is 5.10 Å². The van der Waals surface area contributed by atoms with E-state index in [1.54, 1.807) is 27.4 Å². The smallest absolute Gasteiger partial charge is 0.282 e. The van der Waals surface area contributed by atoms with E-state index in [4.69, 9.17) is 9.84 Å². The molecule has 49 heavy (non-hydrogen) atoms. The molecular formula is C34H40N8O5SSi. The van der Waals surface area contributed by atoms with Gasteiger partial charge in [0.15, 0.2) is 5.82 Å². The van der Waals surface area contributed by atoms with Crippen LogP contribution in [0, 0.1) is 6.92 Å². The van der Waals surface area contributed by atoms with Crippen LogP contribution in [0.25, 0.3) is 33.4 Å². The number of phenolic OH excluding ortho intramolecular Hbond substituents is 1. The monoisotopic (exact) mass is 700 g/mol. The molecule has 0 spiro atoms. The fraction of sp³-hybridized carbons (Fsp3) is 0.294. The molecule has 6 rings (SSSR count). The summed E-state index contributed by atoms with van der Waals surface area (Å²) >= 11 is 0. The highest BCUT2D eigenvalue weighted by molar-refractivity contribution is 7.92. The topological polar surface area (TPSA) is 158 Å². The lowest BCUT2D eigenvalue weighted by Crippen LogP contribution is -2.29. The van der Waals surface area contributed by atoms with Crippen molar-refractivity contribution in [3.63, 3.8) is 0 Å². The van der Waals surface area contributed by atoms with Crippen LogP contribution in [-0.4, -0.2) is 63.2 Å². The number of rotatable bonds is 12. The summed E-state index contributed by atoms with van der Waals surface area (Å²) in [4.78, 5) is 23.2. The van der Waals surface area contributed by atoms with Crippen LogP contribution in [0.2, 0.25) is 25.7 Å². The normalized spacial score (nSPS) is 12.9. The van der Waals surface area contributed by atoms with E-state index in [-0.39, 0.29) is 23.7 Å². The second-order valence-electron chi connectivity index (χ2n) is 13.3. The van der Waals surface area contributed by atoms with Gasteiger partial charge in [0, 0.05) is 38.2 Å². The van der Waals surface area contributed by atoms with E-state index in [0.717, 1.165) is 17.9 Å². The van der Waals surface area contributed by atoms with Crippen LogP contribution in [0.3, 0.4) is 0 Å². The number of ether oxygens (including phenoxy) is 1. The summed E-state index contributed by atoms with van der Waals surface area (Å²) in [5.74, 6) is 0.623. The third kappa shape index (κ3) is 7.09. The molecule has 0 fully saturated rings. The van der Waals surface area contributed by atoms with Crippen molar-refractivity contribution in [2.24, 2.45) is 0 Å². The highest BCUT2D eigenvalue weighted by atomic mass is 32.2. The fourth-order valence-corrected chi connectivity index (χ4v) is 7.05. The van der Waals surface area contributed by atoms with Crippen LogP contribution < -0.4 is 15.6 Å². The molecule has 4 aromatic heterocycles. The molecule has 4 heterocycles. The zero-order valence-corrected chi connectivity index (χ0v) is 30.1. The van der Waals surface area contributed by atoms with E-state index in [1.165, 1.54) is 12.4 Å². The van der Waals surface area contributed by atoms with Crippen LogP contribution >= 0.6 is 0 Å². The zero-order valence-electron chi connectivity index (χ0n) is 28.3. The first-order valence-electron chi connectivity index (χ1n) is 15.9. The second-order valence-corrected chi connectivity index (χ2v) is 20.7. The van der Waals surface area contributed by atoms with Crippen molar-refractivity contribution in [3.05, 3.63) is 95.1 Å². The zero-order chi connectivity index (χ0) is 35.1. The van der Waals surface area contributed by atoms with Gasteiger partial charge >= 0.3 is 0 Å². The Kier molecular flexibility index (Phi) is 9.09. The second kappa shape index (κ2) is 13.1. The number of nitrogens with one attached hydrogen (secondary N) is 2. The van der Waals surface area contributed by atoms with Crippen molar-refractivity contribution in [2.75, 3.05) is 22.9 Å². The van der Waals surface area contributed by atoms with Gasteiger partial charge in [-0.25, -0.2) is 22.9 Å². The summed E-state index contributed by atoms with van der Waals surface area (Å²) in [7, 11) is -5.00. The van der Waals surface area contributed by atoms with Gasteiger partial charge in [0.2, 0.25) is 10.0 Å². The van der Waals surface area contributed by atoms with Crippen LogP contribution in [0.5, 0.6) is 5.75 Å². The Morgan fingerprint density at radius 1 is 1.02 bits per heavy atom. The maximum absolute atomic E-state index is 14.0. The highest BCUT2D eigenvalue weighted by Gasteiger charge is 2.24. The lowest BCUT2D eigenvalue weighted by Gasteiger charge is -2.20. The van der Waals surface area contributed by atoms with Gasteiger partial charge in [-0.1, -0.05) is 50.0 Å². The molecule has 0 aliphatic rings. The largest absolute Gasteiger partial charge is 0.505 e. The Hall–Kier alpha value is -4.99. The van der Waals surface area contributed by atoms with E-state index in [0.29, 0.717) is 51.6 Å². The van der Waals surface area contributed by atoms with E-state index < -0.39 is 24.1 Å². The van der Waals surface area contributed by atoms with E-state index in [9.17, 15) is 18.3 Å². The summed E-state index contributed by atoms with van der Waals surface area (Å²) in [6.07, 6.45) is 6.05. The number of aromatic nitrogens is 6. The average Bonchev–Trinajstić information content (AvgIpc) is 3.60. The summed E-state index contributed by atoms with van der Waals surface area (Å²) in [6.45, 7) is 11.4. The minimum Gasteiger partial charge on any atom is -0.505 e. The molecule has 0 aliphatic carbocycles. The molecule has 1 atom stereocenters. The van der Waals surface area contributed by atoms with Crippen molar-refractivity contribution >= 4 is 46.2 Å². The van der Waals surface area contributed by atoms with Crippen molar-refractivity contribution < 1.29 is 18.3 Å². The molecular weight excluding hydrogens is 661 g/mol. The van der Waals surface area contributed by atoms with Crippen molar-refractivity contribution in [1.29, 1.82) is 0 Å². The lowest BCUT2D eigenvalue weighted by molar-refractivity contribution is 0.0899. The number of nitrogens with zero attached hydrogens (tertiary/aromatic N) is 6. The van der Waals surface area contributed by atoms with E-state index in [1.807, 2.05) is 61.0 Å². The van der Waals surface area contributed by atoms with Crippen molar-refractivity contribution in [2.45, 2.75) is 52.3 Å². The molecule has 0 bridgehead atoms. The predicted molar refractivity (Wildman–Crippen MR) is 195 cm³/mol. The molecule has 0 saturated heterocycles. The average molecular weight is 701 g/mol. The van der Waals surface area contributed by atoms with Gasteiger partial charge in [-0.15, -0.1) is 0 Å². The predicted octanol–water partition coefficient (Wildman–Crippen LogP) is 5.77. The third-order valence-corrected chi connectivity index (χ3v) is 10.5. The molecule has 6 aromatic rings. The first-order chi connectivity index (χ1) is 23.2. The SMILES string of the molecule is Cc1ccn2nc(C(C)Nc3ncnc4c3c(-c3cccc(NS(C)(=O)=O)c3O)cn4COCC[Si](C)(C)C)n(-c3ccccc3)c(=O)c12. The van der Waals surface area contributed by atoms with Crippen LogP contribution in [0.1, 0.15) is 24.4 Å². The molecule has 256 valence electrons. The molecule has 0 aliphatic heterocycles. The summed E-state index contributed by atoms with van der Waals surface area (Å²) in [5.41, 5.74) is 3.27. The minimum absolute atomic E-state index is 0.0402. The number of anilines is 2. The van der Waals surface area contributed by atoms with Crippen LogP contribution in [-0.2, 0) is 21.5 Å². The first-order valence-corrected chi connectivity index (χ1v) is 21.5. The van der Waals surface area contributed by atoms with Crippen molar-refractivity contribution in [1.82, 2.24) is 28.7 Å². The molecule has 0 saturated carbocycles. The number of benzene rings is 2. The lowest BCUT2D eigenvalue weighted by atomic mass is 10.0. The Labute approximate surface area is 285 Å². The first kappa shape index (κ1) is 33.9. The third-order valence-electron chi connectivity index (χ3n) is 8.17. The van der Waals surface area contributed by atoms with Gasteiger partial charge in [-0.3, -0.25) is 14.1 Å². The minimum atomic E-state index is -3.67. The highest BCUT2D eigenvalue weighted by Crippen LogP contribution is 2.42.